The normalized spacial score (nSPS) is 25.0. The average molecular weight is 228 g/mol. The van der Waals surface area contributed by atoms with Crippen LogP contribution in [0.25, 0.3) is 0 Å². The highest BCUT2D eigenvalue weighted by molar-refractivity contribution is 5.74. The Morgan fingerprint density at radius 3 is 2.81 bits per heavy atom. The van der Waals surface area contributed by atoms with Crippen LogP contribution in [0, 0.1) is 5.92 Å². The quantitative estimate of drug-likeness (QED) is 0.770. The van der Waals surface area contributed by atoms with Gasteiger partial charge in [0, 0.05) is 19.1 Å². The van der Waals surface area contributed by atoms with Gasteiger partial charge in [0.1, 0.15) is 0 Å². The predicted molar refractivity (Wildman–Crippen MR) is 64.3 cm³/mol. The predicted octanol–water partition coefficient (Wildman–Crippen LogP) is 1.59. The lowest BCUT2D eigenvalue weighted by Gasteiger charge is -2.32. The van der Waals surface area contributed by atoms with Crippen molar-refractivity contribution in [3.8, 4) is 0 Å². The van der Waals surface area contributed by atoms with Crippen LogP contribution in [0.15, 0.2) is 0 Å². The van der Waals surface area contributed by atoms with Crippen molar-refractivity contribution in [2.45, 2.75) is 52.2 Å². The maximum atomic E-state index is 11.9. The summed E-state index contributed by atoms with van der Waals surface area (Å²) >= 11 is 0. The van der Waals surface area contributed by atoms with Gasteiger partial charge in [-0.05, 0) is 39.0 Å². The van der Waals surface area contributed by atoms with E-state index in [1.54, 1.807) is 6.92 Å². The summed E-state index contributed by atoms with van der Waals surface area (Å²) in [6.07, 6.45) is 2.55. The lowest BCUT2D eigenvalue weighted by molar-refractivity contribution is 0.152. The van der Waals surface area contributed by atoms with Crippen molar-refractivity contribution in [1.29, 1.82) is 0 Å². The Morgan fingerprint density at radius 1 is 1.56 bits per heavy atom. The Balaban J connectivity index is 2.33. The van der Waals surface area contributed by atoms with Crippen LogP contribution in [0.5, 0.6) is 0 Å². The molecule has 0 aliphatic carbocycles. The molecule has 0 aromatic carbocycles. The highest BCUT2D eigenvalue weighted by Crippen LogP contribution is 2.15. The molecule has 3 unspecified atom stereocenters. The molecule has 4 heteroatoms. The molecule has 2 amide bonds. The summed E-state index contributed by atoms with van der Waals surface area (Å²) in [6.45, 7) is 7.56. The number of aliphatic hydroxyl groups excluding tert-OH is 1. The number of hydrogen-bond donors (Lipinski definition) is 2. The summed E-state index contributed by atoms with van der Waals surface area (Å²) in [7, 11) is 0. The molecular weight excluding hydrogens is 204 g/mol. The van der Waals surface area contributed by atoms with Gasteiger partial charge in [0.05, 0.1) is 6.10 Å². The van der Waals surface area contributed by atoms with Gasteiger partial charge < -0.3 is 15.3 Å². The van der Waals surface area contributed by atoms with E-state index in [9.17, 15) is 9.90 Å². The minimum absolute atomic E-state index is 0.0136. The van der Waals surface area contributed by atoms with Crippen molar-refractivity contribution >= 4 is 6.03 Å². The fourth-order valence-corrected chi connectivity index (χ4v) is 2.25. The number of piperidine rings is 1. The van der Waals surface area contributed by atoms with Crippen molar-refractivity contribution in [3.05, 3.63) is 0 Å². The number of hydrogen-bond acceptors (Lipinski definition) is 2. The van der Waals surface area contributed by atoms with Crippen LogP contribution in [0.4, 0.5) is 4.79 Å². The Hall–Kier alpha value is -0.770. The zero-order valence-corrected chi connectivity index (χ0v) is 10.6. The van der Waals surface area contributed by atoms with Gasteiger partial charge in [-0.1, -0.05) is 6.92 Å². The number of nitrogens with zero attached hydrogens (tertiary/aromatic N) is 1. The summed E-state index contributed by atoms with van der Waals surface area (Å²) in [6, 6.07) is 0.0458. The number of carbonyl (C=O) groups is 1. The molecule has 0 aromatic heterocycles. The molecule has 1 fully saturated rings. The van der Waals surface area contributed by atoms with E-state index < -0.39 is 0 Å². The number of nitrogens with one attached hydrogen (secondary N) is 1. The molecule has 1 aliphatic rings. The van der Waals surface area contributed by atoms with Gasteiger partial charge in [0.25, 0.3) is 0 Å². The van der Waals surface area contributed by atoms with Crippen molar-refractivity contribution in [1.82, 2.24) is 10.2 Å². The first-order chi connectivity index (χ1) is 7.49. The molecule has 4 nitrogen and oxygen atoms in total. The van der Waals surface area contributed by atoms with Crippen LogP contribution in [0.1, 0.15) is 40.0 Å². The number of likely N-dealkylation sites (tertiary alicyclic amines) is 1. The fourth-order valence-electron chi connectivity index (χ4n) is 2.25. The van der Waals surface area contributed by atoms with Gasteiger partial charge >= 0.3 is 6.03 Å². The number of aliphatic hydroxyl groups is 1. The summed E-state index contributed by atoms with van der Waals surface area (Å²) in [5.74, 6) is 0.603. The molecule has 16 heavy (non-hydrogen) atoms. The highest BCUT2D eigenvalue weighted by atomic mass is 16.3. The van der Waals surface area contributed by atoms with E-state index in [-0.39, 0.29) is 18.2 Å². The first-order valence-electron chi connectivity index (χ1n) is 6.22. The van der Waals surface area contributed by atoms with Gasteiger partial charge in [0.15, 0.2) is 0 Å². The zero-order valence-electron chi connectivity index (χ0n) is 10.6. The van der Waals surface area contributed by atoms with E-state index in [1.165, 1.54) is 6.42 Å². The third kappa shape index (κ3) is 4.39. The fraction of sp³-hybridized carbons (Fsp3) is 0.917. The standard InChI is InChI=1S/C12H24N2O2/c1-9-5-4-6-14(8-9)12(16)13-10(2)7-11(3)15/h9-11,15H,4-8H2,1-3H3,(H,13,16). The molecule has 1 saturated heterocycles. The van der Waals surface area contributed by atoms with Crippen LogP contribution in [0.2, 0.25) is 0 Å². The molecule has 3 atom stereocenters. The van der Waals surface area contributed by atoms with Crippen molar-refractivity contribution in [3.63, 3.8) is 0 Å². The third-order valence-electron chi connectivity index (χ3n) is 3.01. The second kappa shape index (κ2) is 6.09. The van der Waals surface area contributed by atoms with E-state index in [0.717, 1.165) is 19.5 Å². The highest BCUT2D eigenvalue weighted by Gasteiger charge is 2.21. The minimum Gasteiger partial charge on any atom is -0.393 e. The summed E-state index contributed by atoms with van der Waals surface area (Å²) in [5.41, 5.74) is 0. The Labute approximate surface area is 98.0 Å². The third-order valence-corrected chi connectivity index (χ3v) is 3.01. The van der Waals surface area contributed by atoms with Crippen LogP contribution in [0.3, 0.4) is 0 Å². The van der Waals surface area contributed by atoms with Crippen LogP contribution in [-0.2, 0) is 0 Å². The van der Waals surface area contributed by atoms with E-state index in [4.69, 9.17) is 0 Å². The van der Waals surface area contributed by atoms with E-state index >= 15 is 0 Å². The Kier molecular flexibility index (Phi) is 5.06. The zero-order chi connectivity index (χ0) is 12.1. The van der Waals surface area contributed by atoms with Gasteiger partial charge in [0.2, 0.25) is 0 Å². The van der Waals surface area contributed by atoms with Crippen LogP contribution in [-0.4, -0.2) is 41.3 Å². The van der Waals surface area contributed by atoms with E-state index in [1.807, 2.05) is 11.8 Å². The summed E-state index contributed by atoms with van der Waals surface area (Å²) in [4.78, 5) is 13.8. The first kappa shape index (κ1) is 13.3. The van der Waals surface area contributed by atoms with Crippen molar-refractivity contribution in [2.24, 2.45) is 5.92 Å². The number of carbonyl (C=O) groups excluding carboxylic acids is 1. The molecule has 2 N–H and O–H groups in total. The van der Waals surface area contributed by atoms with Crippen molar-refractivity contribution in [2.75, 3.05) is 13.1 Å². The Bertz CT molecular complexity index is 231. The van der Waals surface area contributed by atoms with E-state index in [0.29, 0.717) is 12.3 Å². The van der Waals surface area contributed by atoms with Crippen LogP contribution < -0.4 is 5.32 Å². The second-order valence-corrected chi connectivity index (χ2v) is 5.13. The molecule has 0 saturated carbocycles. The monoisotopic (exact) mass is 228 g/mol. The van der Waals surface area contributed by atoms with Gasteiger partial charge in [-0.25, -0.2) is 4.79 Å². The molecule has 1 heterocycles. The molecular formula is C12H24N2O2. The lowest BCUT2D eigenvalue weighted by Crippen LogP contribution is -2.48. The number of rotatable bonds is 3. The molecule has 0 aromatic rings. The number of urea groups is 1. The molecule has 1 aliphatic heterocycles. The van der Waals surface area contributed by atoms with Gasteiger partial charge in [-0.3, -0.25) is 0 Å². The average Bonchev–Trinajstić information content (AvgIpc) is 2.16. The SMILES string of the molecule is CC(O)CC(C)NC(=O)N1CCCC(C)C1. The molecule has 0 bridgehead atoms. The molecule has 94 valence electrons. The summed E-state index contributed by atoms with van der Waals surface area (Å²) in [5, 5.41) is 12.2. The maximum absolute atomic E-state index is 11.9. The molecule has 0 radical (unpaired) electrons. The maximum Gasteiger partial charge on any atom is 0.317 e. The van der Waals surface area contributed by atoms with E-state index in [2.05, 4.69) is 12.2 Å². The van der Waals surface area contributed by atoms with Crippen molar-refractivity contribution < 1.29 is 9.90 Å². The van der Waals surface area contributed by atoms with Gasteiger partial charge in [-0.2, -0.15) is 0 Å². The largest absolute Gasteiger partial charge is 0.393 e. The van der Waals surface area contributed by atoms with Gasteiger partial charge in [-0.15, -0.1) is 0 Å². The molecule has 0 spiro atoms. The first-order valence-corrected chi connectivity index (χ1v) is 6.22. The van der Waals surface area contributed by atoms with Crippen LogP contribution >= 0.6 is 0 Å². The topological polar surface area (TPSA) is 52.6 Å². The number of amides is 2. The lowest BCUT2D eigenvalue weighted by atomic mass is 10.0. The molecule has 1 rings (SSSR count). The second-order valence-electron chi connectivity index (χ2n) is 5.13. The summed E-state index contributed by atoms with van der Waals surface area (Å²) < 4.78 is 0. The smallest absolute Gasteiger partial charge is 0.317 e. The minimum atomic E-state index is -0.365. The Morgan fingerprint density at radius 2 is 2.25 bits per heavy atom.